The number of nitrogens with zero attached hydrogens (tertiary/aromatic N) is 1. The van der Waals surface area contributed by atoms with Gasteiger partial charge < -0.3 is 9.26 Å². The molecule has 0 saturated heterocycles. The molecule has 5 heteroatoms. The van der Waals surface area contributed by atoms with Gasteiger partial charge in [0.15, 0.2) is 0 Å². The highest BCUT2D eigenvalue weighted by molar-refractivity contribution is 5.17. The van der Waals surface area contributed by atoms with E-state index in [1.54, 1.807) is 0 Å². The van der Waals surface area contributed by atoms with Gasteiger partial charge in [0.25, 0.3) is 0 Å². The Morgan fingerprint density at radius 2 is 2.23 bits per heavy atom. The van der Waals surface area contributed by atoms with Crippen LogP contribution in [0.3, 0.4) is 0 Å². The van der Waals surface area contributed by atoms with Crippen LogP contribution in [0.15, 0.2) is 10.8 Å². The molecule has 0 aromatic carbocycles. The molecule has 0 saturated carbocycles. The second-order valence-corrected chi connectivity index (χ2v) is 2.94. The molecule has 1 rings (SSSR count). The Bertz CT molecular complexity index is 260. The summed E-state index contributed by atoms with van der Waals surface area (Å²) in [6.07, 6.45) is 1.45. The van der Waals surface area contributed by atoms with Crippen LogP contribution in [0, 0.1) is 0 Å². The Labute approximate surface area is 74.7 Å². The summed E-state index contributed by atoms with van der Waals surface area (Å²) in [6, 6.07) is 0. The standard InChI is InChI=1S/C8H11F2NO2/c1-5(2)6-3-13-11-7(6)4-12-8(9)10/h3,5,8H,4H2,1-2H3. The van der Waals surface area contributed by atoms with Crippen molar-refractivity contribution in [2.75, 3.05) is 0 Å². The Balaban J connectivity index is 2.60. The molecule has 1 heterocycles. The first-order valence-corrected chi connectivity index (χ1v) is 3.94. The maximum Gasteiger partial charge on any atom is 0.345 e. The van der Waals surface area contributed by atoms with Crippen molar-refractivity contribution in [3.05, 3.63) is 17.5 Å². The molecular formula is C8H11F2NO2. The van der Waals surface area contributed by atoms with E-state index in [1.807, 2.05) is 13.8 Å². The van der Waals surface area contributed by atoms with E-state index < -0.39 is 6.61 Å². The van der Waals surface area contributed by atoms with E-state index in [4.69, 9.17) is 0 Å². The van der Waals surface area contributed by atoms with Gasteiger partial charge in [-0.15, -0.1) is 0 Å². The molecule has 0 amide bonds. The van der Waals surface area contributed by atoms with E-state index in [0.717, 1.165) is 5.56 Å². The van der Waals surface area contributed by atoms with E-state index in [-0.39, 0.29) is 12.5 Å². The zero-order chi connectivity index (χ0) is 9.84. The molecule has 0 aliphatic carbocycles. The van der Waals surface area contributed by atoms with Crippen LogP contribution in [-0.4, -0.2) is 11.8 Å². The molecule has 0 bridgehead atoms. The molecule has 1 aromatic rings. The zero-order valence-corrected chi connectivity index (χ0v) is 7.46. The fourth-order valence-corrected chi connectivity index (χ4v) is 0.988. The van der Waals surface area contributed by atoms with Crippen molar-refractivity contribution in [2.45, 2.75) is 33.0 Å². The van der Waals surface area contributed by atoms with Crippen molar-refractivity contribution in [1.82, 2.24) is 5.16 Å². The van der Waals surface area contributed by atoms with E-state index in [1.165, 1.54) is 6.26 Å². The van der Waals surface area contributed by atoms with E-state index in [2.05, 4.69) is 14.4 Å². The van der Waals surface area contributed by atoms with Gasteiger partial charge in [-0.05, 0) is 5.92 Å². The Morgan fingerprint density at radius 1 is 1.54 bits per heavy atom. The number of rotatable bonds is 4. The first-order chi connectivity index (χ1) is 6.11. The Morgan fingerprint density at radius 3 is 2.77 bits per heavy atom. The minimum absolute atomic E-state index is 0.197. The summed E-state index contributed by atoms with van der Waals surface area (Å²) in [5.74, 6) is 0.197. The van der Waals surface area contributed by atoms with Crippen molar-refractivity contribution in [1.29, 1.82) is 0 Å². The summed E-state index contributed by atoms with van der Waals surface area (Å²) < 4.78 is 32.1. The smallest absolute Gasteiger partial charge is 0.345 e. The van der Waals surface area contributed by atoms with E-state index in [9.17, 15) is 8.78 Å². The fourth-order valence-electron chi connectivity index (χ4n) is 0.988. The summed E-state index contributed by atoms with van der Waals surface area (Å²) in [5.41, 5.74) is 1.25. The summed E-state index contributed by atoms with van der Waals surface area (Å²) >= 11 is 0. The van der Waals surface area contributed by atoms with Crippen LogP contribution in [0.5, 0.6) is 0 Å². The van der Waals surface area contributed by atoms with E-state index in [0.29, 0.717) is 5.69 Å². The topological polar surface area (TPSA) is 35.3 Å². The highest BCUT2D eigenvalue weighted by Gasteiger charge is 2.13. The third kappa shape index (κ3) is 2.77. The lowest BCUT2D eigenvalue weighted by atomic mass is 10.1. The third-order valence-electron chi connectivity index (χ3n) is 1.64. The molecule has 13 heavy (non-hydrogen) atoms. The molecule has 0 atom stereocenters. The lowest BCUT2D eigenvalue weighted by Gasteiger charge is -2.03. The normalized spacial score (nSPS) is 11.5. The lowest BCUT2D eigenvalue weighted by molar-refractivity contribution is -0.138. The quantitative estimate of drug-likeness (QED) is 0.733. The lowest BCUT2D eigenvalue weighted by Crippen LogP contribution is -2.02. The molecule has 3 nitrogen and oxygen atoms in total. The van der Waals surface area contributed by atoms with Crippen LogP contribution < -0.4 is 0 Å². The maximum atomic E-state index is 11.7. The molecule has 0 fully saturated rings. The predicted octanol–water partition coefficient (Wildman–Crippen LogP) is 2.54. The van der Waals surface area contributed by atoms with Gasteiger partial charge in [-0.2, -0.15) is 8.78 Å². The molecular weight excluding hydrogens is 180 g/mol. The minimum Gasteiger partial charge on any atom is -0.364 e. The van der Waals surface area contributed by atoms with E-state index >= 15 is 0 Å². The van der Waals surface area contributed by atoms with Crippen molar-refractivity contribution in [2.24, 2.45) is 0 Å². The second kappa shape index (κ2) is 4.32. The monoisotopic (exact) mass is 191 g/mol. The number of halogens is 2. The molecule has 0 radical (unpaired) electrons. The van der Waals surface area contributed by atoms with Crippen molar-refractivity contribution < 1.29 is 18.0 Å². The fraction of sp³-hybridized carbons (Fsp3) is 0.625. The first kappa shape index (κ1) is 10.1. The van der Waals surface area contributed by atoms with Gasteiger partial charge in [-0.3, -0.25) is 0 Å². The zero-order valence-electron chi connectivity index (χ0n) is 7.46. The average molecular weight is 191 g/mol. The first-order valence-electron chi connectivity index (χ1n) is 3.94. The number of hydrogen-bond donors (Lipinski definition) is 0. The van der Waals surface area contributed by atoms with Crippen LogP contribution in [0.1, 0.15) is 31.0 Å². The average Bonchev–Trinajstić information content (AvgIpc) is 2.47. The summed E-state index contributed by atoms with van der Waals surface area (Å²) in [6.45, 7) is 0.884. The SMILES string of the molecule is CC(C)c1conc1COC(F)F. The van der Waals surface area contributed by atoms with Crippen LogP contribution in [0.2, 0.25) is 0 Å². The summed E-state index contributed by atoms with van der Waals surface area (Å²) in [4.78, 5) is 0. The molecule has 0 N–H and O–H groups in total. The number of hydrogen-bond acceptors (Lipinski definition) is 3. The molecule has 74 valence electrons. The number of alkyl halides is 2. The van der Waals surface area contributed by atoms with Gasteiger partial charge in [-0.1, -0.05) is 19.0 Å². The third-order valence-corrected chi connectivity index (χ3v) is 1.64. The molecule has 0 unspecified atom stereocenters. The Kier molecular flexibility index (Phi) is 3.36. The van der Waals surface area contributed by atoms with Gasteiger partial charge >= 0.3 is 6.61 Å². The molecule has 0 spiro atoms. The number of aromatic nitrogens is 1. The van der Waals surface area contributed by atoms with Crippen LogP contribution >= 0.6 is 0 Å². The molecule has 0 aliphatic rings. The predicted molar refractivity (Wildman–Crippen MR) is 41.4 cm³/mol. The van der Waals surface area contributed by atoms with Gasteiger partial charge in [-0.25, -0.2) is 0 Å². The van der Waals surface area contributed by atoms with Crippen LogP contribution in [-0.2, 0) is 11.3 Å². The Hall–Kier alpha value is -0.970. The van der Waals surface area contributed by atoms with Crippen molar-refractivity contribution in [3.8, 4) is 0 Å². The van der Waals surface area contributed by atoms with Crippen LogP contribution in [0.4, 0.5) is 8.78 Å². The van der Waals surface area contributed by atoms with Crippen LogP contribution in [0.25, 0.3) is 0 Å². The summed E-state index contributed by atoms with van der Waals surface area (Å²) in [7, 11) is 0. The number of ether oxygens (including phenoxy) is 1. The minimum atomic E-state index is -2.77. The van der Waals surface area contributed by atoms with Gasteiger partial charge in [0, 0.05) is 5.56 Å². The highest BCUT2D eigenvalue weighted by Crippen LogP contribution is 2.19. The summed E-state index contributed by atoms with van der Waals surface area (Å²) in [5, 5.41) is 3.58. The largest absolute Gasteiger partial charge is 0.364 e. The highest BCUT2D eigenvalue weighted by atomic mass is 19.3. The maximum absolute atomic E-state index is 11.7. The van der Waals surface area contributed by atoms with Gasteiger partial charge in [0.1, 0.15) is 12.0 Å². The van der Waals surface area contributed by atoms with Crippen molar-refractivity contribution >= 4 is 0 Å². The molecule has 0 aliphatic heterocycles. The van der Waals surface area contributed by atoms with Gasteiger partial charge in [0.05, 0.1) is 6.61 Å². The van der Waals surface area contributed by atoms with Crippen molar-refractivity contribution in [3.63, 3.8) is 0 Å². The van der Waals surface area contributed by atoms with Gasteiger partial charge in [0.2, 0.25) is 0 Å². The second-order valence-electron chi connectivity index (χ2n) is 2.94. The molecule has 1 aromatic heterocycles.